The molecule has 0 bridgehead atoms. The van der Waals surface area contributed by atoms with Crippen LogP contribution in [0.25, 0.3) is 0 Å². The number of nitrogens with one attached hydrogen (secondary N) is 1. The molecule has 0 fully saturated rings. The smallest absolute Gasteiger partial charge is 0.266 e. The summed E-state index contributed by atoms with van der Waals surface area (Å²) in [6, 6.07) is 7.01. The Morgan fingerprint density at radius 2 is 2.32 bits per heavy atom. The van der Waals surface area contributed by atoms with Crippen LogP contribution < -0.4 is 10.1 Å². The SMILES string of the molecule is CC(Oc1cccc(Cl)c1)C(=O)Nc1cnc2n1CCCC2. The maximum atomic E-state index is 12.3. The topological polar surface area (TPSA) is 56.1 Å². The van der Waals surface area contributed by atoms with Crippen LogP contribution in [0.2, 0.25) is 5.02 Å². The minimum absolute atomic E-state index is 0.201. The van der Waals surface area contributed by atoms with Crippen LogP contribution in [-0.4, -0.2) is 21.6 Å². The molecule has 1 aliphatic heterocycles. The third-order valence-corrected chi connectivity index (χ3v) is 3.93. The quantitative estimate of drug-likeness (QED) is 0.941. The van der Waals surface area contributed by atoms with Crippen LogP contribution >= 0.6 is 11.6 Å². The lowest BCUT2D eigenvalue weighted by molar-refractivity contribution is -0.122. The summed E-state index contributed by atoms with van der Waals surface area (Å²) in [7, 11) is 0. The van der Waals surface area contributed by atoms with Crippen molar-refractivity contribution < 1.29 is 9.53 Å². The van der Waals surface area contributed by atoms with Gasteiger partial charge < -0.3 is 14.6 Å². The van der Waals surface area contributed by atoms with Gasteiger partial charge >= 0.3 is 0 Å². The number of benzene rings is 1. The van der Waals surface area contributed by atoms with Gasteiger partial charge in [-0.2, -0.15) is 0 Å². The molecule has 3 rings (SSSR count). The number of carbonyl (C=O) groups is 1. The summed E-state index contributed by atoms with van der Waals surface area (Å²) in [6.45, 7) is 2.61. The fourth-order valence-electron chi connectivity index (χ4n) is 2.54. The minimum atomic E-state index is -0.617. The van der Waals surface area contributed by atoms with E-state index in [1.54, 1.807) is 37.4 Å². The van der Waals surface area contributed by atoms with E-state index < -0.39 is 6.10 Å². The van der Waals surface area contributed by atoms with Crippen molar-refractivity contribution in [1.82, 2.24) is 9.55 Å². The second-order valence-electron chi connectivity index (χ2n) is 5.38. The monoisotopic (exact) mass is 319 g/mol. The Morgan fingerprint density at radius 1 is 1.45 bits per heavy atom. The highest BCUT2D eigenvalue weighted by Gasteiger charge is 2.19. The molecule has 0 aliphatic carbocycles. The average molecular weight is 320 g/mol. The van der Waals surface area contributed by atoms with Crippen molar-refractivity contribution in [3.63, 3.8) is 0 Å². The average Bonchev–Trinajstić information content (AvgIpc) is 2.90. The maximum Gasteiger partial charge on any atom is 0.266 e. The fraction of sp³-hybridized carbons (Fsp3) is 0.375. The normalized spacial score (nSPS) is 15.0. The Balaban J connectivity index is 1.65. The summed E-state index contributed by atoms with van der Waals surface area (Å²) in [5.74, 6) is 2.14. The van der Waals surface area contributed by atoms with Gasteiger partial charge in [0.1, 0.15) is 17.4 Å². The highest BCUT2D eigenvalue weighted by molar-refractivity contribution is 6.30. The molecule has 2 heterocycles. The highest BCUT2D eigenvalue weighted by Crippen LogP contribution is 2.21. The maximum absolute atomic E-state index is 12.3. The van der Waals surface area contributed by atoms with E-state index in [0.29, 0.717) is 10.8 Å². The number of ether oxygens (including phenoxy) is 1. The van der Waals surface area contributed by atoms with Gasteiger partial charge in [0.2, 0.25) is 0 Å². The molecular weight excluding hydrogens is 302 g/mol. The van der Waals surface area contributed by atoms with Crippen molar-refractivity contribution in [2.24, 2.45) is 0 Å². The number of halogens is 1. The highest BCUT2D eigenvalue weighted by atomic mass is 35.5. The van der Waals surface area contributed by atoms with Gasteiger partial charge in [-0.3, -0.25) is 4.79 Å². The number of fused-ring (bicyclic) bond motifs is 1. The zero-order valence-electron chi connectivity index (χ0n) is 12.4. The van der Waals surface area contributed by atoms with Crippen LogP contribution in [0.15, 0.2) is 30.5 Å². The summed E-state index contributed by atoms with van der Waals surface area (Å²) in [4.78, 5) is 16.6. The van der Waals surface area contributed by atoms with Crippen LogP contribution in [0.3, 0.4) is 0 Å². The first-order valence-electron chi connectivity index (χ1n) is 7.41. The lowest BCUT2D eigenvalue weighted by atomic mass is 10.2. The number of aryl methyl sites for hydroxylation is 1. The molecule has 1 unspecified atom stereocenters. The molecule has 6 heteroatoms. The summed E-state index contributed by atoms with van der Waals surface area (Å²) >= 11 is 5.91. The van der Waals surface area contributed by atoms with Crippen molar-refractivity contribution in [1.29, 1.82) is 0 Å². The Hall–Kier alpha value is -2.01. The number of aromatic nitrogens is 2. The number of nitrogens with zero attached hydrogens (tertiary/aromatic N) is 2. The zero-order chi connectivity index (χ0) is 15.5. The molecular formula is C16H18ClN3O2. The van der Waals surface area contributed by atoms with Crippen molar-refractivity contribution >= 4 is 23.3 Å². The van der Waals surface area contributed by atoms with Crippen molar-refractivity contribution in [2.75, 3.05) is 5.32 Å². The molecule has 0 saturated carbocycles. The molecule has 1 aromatic heterocycles. The summed E-state index contributed by atoms with van der Waals surface area (Å²) in [6.07, 6.45) is 4.32. The predicted molar refractivity (Wildman–Crippen MR) is 85.3 cm³/mol. The largest absolute Gasteiger partial charge is 0.481 e. The zero-order valence-corrected chi connectivity index (χ0v) is 13.1. The van der Waals surface area contributed by atoms with Crippen molar-refractivity contribution in [2.45, 2.75) is 38.8 Å². The lowest BCUT2D eigenvalue weighted by Crippen LogP contribution is -2.31. The molecule has 5 nitrogen and oxygen atoms in total. The van der Waals surface area contributed by atoms with E-state index in [4.69, 9.17) is 16.3 Å². The number of carbonyl (C=O) groups excluding carboxylic acids is 1. The van der Waals surface area contributed by atoms with Gasteiger partial charge in [0.15, 0.2) is 6.10 Å². The van der Waals surface area contributed by atoms with E-state index in [1.807, 2.05) is 0 Å². The second-order valence-corrected chi connectivity index (χ2v) is 5.81. The van der Waals surface area contributed by atoms with Crippen LogP contribution in [0, 0.1) is 0 Å². The molecule has 22 heavy (non-hydrogen) atoms. The molecule has 2 aromatic rings. The second kappa shape index (κ2) is 6.40. The van der Waals surface area contributed by atoms with E-state index in [0.717, 1.165) is 37.4 Å². The van der Waals surface area contributed by atoms with Gasteiger partial charge in [-0.05, 0) is 38.0 Å². The fourth-order valence-corrected chi connectivity index (χ4v) is 2.72. The van der Waals surface area contributed by atoms with E-state index in [-0.39, 0.29) is 5.91 Å². The Bertz CT molecular complexity index is 684. The molecule has 1 N–H and O–H groups in total. The van der Waals surface area contributed by atoms with Gasteiger partial charge in [0.05, 0.1) is 6.20 Å². The first kappa shape index (κ1) is 14.9. The Kier molecular flexibility index (Phi) is 4.34. The van der Waals surface area contributed by atoms with Gasteiger partial charge in [0.25, 0.3) is 5.91 Å². The van der Waals surface area contributed by atoms with Crippen LogP contribution in [0.5, 0.6) is 5.75 Å². The third-order valence-electron chi connectivity index (χ3n) is 3.70. The number of hydrogen-bond donors (Lipinski definition) is 1. The number of amides is 1. The molecule has 0 spiro atoms. The Morgan fingerprint density at radius 3 is 3.14 bits per heavy atom. The molecule has 1 aromatic carbocycles. The number of hydrogen-bond acceptors (Lipinski definition) is 3. The number of imidazole rings is 1. The number of rotatable bonds is 4. The summed E-state index contributed by atoms with van der Waals surface area (Å²) < 4.78 is 7.69. The summed E-state index contributed by atoms with van der Waals surface area (Å²) in [5.41, 5.74) is 0. The number of anilines is 1. The van der Waals surface area contributed by atoms with Crippen LogP contribution in [0.4, 0.5) is 5.82 Å². The molecule has 1 aliphatic rings. The first-order chi connectivity index (χ1) is 10.6. The predicted octanol–water partition coefficient (Wildman–Crippen LogP) is 3.28. The van der Waals surface area contributed by atoms with Gasteiger partial charge in [-0.15, -0.1) is 0 Å². The van der Waals surface area contributed by atoms with Crippen molar-refractivity contribution in [3.8, 4) is 5.75 Å². The summed E-state index contributed by atoms with van der Waals surface area (Å²) in [5, 5.41) is 3.47. The van der Waals surface area contributed by atoms with E-state index in [9.17, 15) is 4.79 Å². The van der Waals surface area contributed by atoms with E-state index >= 15 is 0 Å². The van der Waals surface area contributed by atoms with Gasteiger partial charge in [0, 0.05) is 18.0 Å². The molecule has 1 atom stereocenters. The van der Waals surface area contributed by atoms with E-state index in [2.05, 4.69) is 14.9 Å². The molecule has 0 radical (unpaired) electrons. The molecule has 116 valence electrons. The van der Waals surface area contributed by atoms with Crippen LogP contribution in [0.1, 0.15) is 25.6 Å². The first-order valence-corrected chi connectivity index (χ1v) is 7.79. The van der Waals surface area contributed by atoms with Crippen molar-refractivity contribution in [3.05, 3.63) is 41.3 Å². The van der Waals surface area contributed by atoms with Crippen LogP contribution in [-0.2, 0) is 17.8 Å². The van der Waals surface area contributed by atoms with Gasteiger partial charge in [-0.25, -0.2) is 4.98 Å². The molecule has 1 amide bonds. The lowest BCUT2D eigenvalue weighted by Gasteiger charge is -2.18. The Labute approximate surface area is 134 Å². The minimum Gasteiger partial charge on any atom is -0.481 e. The standard InChI is InChI=1S/C16H18ClN3O2/c1-11(22-13-6-4-5-12(17)9-13)16(21)19-15-10-18-14-7-2-3-8-20(14)15/h4-6,9-11H,2-3,7-8H2,1H3,(H,19,21). The molecule has 0 saturated heterocycles. The van der Waals surface area contributed by atoms with E-state index in [1.165, 1.54) is 0 Å². The van der Waals surface area contributed by atoms with Gasteiger partial charge in [-0.1, -0.05) is 17.7 Å². The third kappa shape index (κ3) is 3.25.